The van der Waals surface area contributed by atoms with Gasteiger partial charge in [0.05, 0.1) is 13.1 Å². The molecule has 122 valence electrons. The molecule has 3 heterocycles. The van der Waals surface area contributed by atoms with Crippen LogP contribution in [-0.2, 0) is 0 Å². The highest BCUT2D eigenvalue weighted by atomic mass is 16.3. The number of aryl methyl sites for hydroxylation is 1. The van der Waals surface area contributed by atoms with Gasteiger partial charge in [0.25, 0.3) is 5.91 Å². The third-order valence-corrected chi connectivity index (χ3v) is 3.88. The first-order chi connectivity index (χ1) is 11.0. The van der Waals surface area contributed by atoms with Crippen LogP contribution in [0, 0.1) is 6.92 Å². The maximum Gasteiger partial charge on any atom is 0.275 e. The molecule has 1 saturated heterocycles. The van der Waals surface area contributed by atoms with Crippen LogP contribution < -0.4 is 4.90 Å². The topological polar surface area (TPSA) is 95.6 Å². The Morgan fingerprint density at radius 3 is 2.87 bits per heavy atom. The second-order valence-electron chi connectivity index (χ2n) is 5.86. The third-order valence-electron chi connectivity index (χ3n) is 3.88. The van der Waals surface area contributed by atoms with Gasteiger partial charge >= 0.3 is 0 Å². The van der Waals surface area contributed by atoms with Gasteiger partial charge in [-0.15, -0.1) is 0 Å². The van der Waals surface area contributed by atoms with Crippen LogP contribution in [-0.4, -0.2) is 63.1 Å². The van der Waals surface area contributed by atoms with Gasteiger partial charge in [-0.05, 0) is 12.5 Å². The number of rotatable bonds is 4. The Bertz CT molecular complexity index is 689. The number of anilines is 1. The molecule has 3 rings (SSSR count). The number of hydrogen-bond acceptors (Lipinski definition) is 7. The molecule has 0 aromatic carbocycles. The number of aliphatic hydroxyl groups is 1. The zero-order chi connectivity index (χ0) is 16.4. The first-order valence-electron chi connectivity index (χ1n) is 7.39. The standard InChI is InChI=1S/C15H19N5O3/c1-11-18-12(8-23-11)13(21)19(2)9-15(22)4-7-20(10-15)14-16-5-3-6-17-14/h3,5-6,8,22H,4,7,9-10H2,1-2H3/t15-/m1/s1. The fourth-order valence-corrected chi connectivity index (χ4v) is 2.78. The van der Waals surface area contributed by atoms with Crippen molar-refractivity contribution in [1.82, 2.24) is 19.9 Å². The van der Waals surface area contributed by atoms with E-state index < -0.39 is 5.60 Å². The zero-order valence-electron chi connectivity index (χ0n) is 13.1. The summed E-state index contributed by atoms with van der Waals surface area (Å²) in [6.45, 7) is 2.91. The molecule has 2 aromatic heterocycles. The molecule has 1 N–H and O–H groups in total. The van der Waals surface area contributed by atoms with E-state index in [1.807, 2.05) is 4.90 Å². The Hall–Kier alpha value is -2.48. The second-order valence-corrected chi connectivity index (χ2v) is 5.86. The molecule has 0 unspecified atom stereocenters. The summed E-state index contributed by atoms with van der Waals surface area (Å²) < 4.78 is 5.06. The lowest BCUT2D eigenvalue weighted by Gasteiger charge is -2.28. The average Bonchev–Trinajstić information content (AvgIpc) is 3.14. The van der Waals surface area contributed by atoms with E-state index in [0.717, 1.165) is 0 Å². The highest BCUT2D eigenvalue weighted by molar-refractivity contribution is 5.91. The van der Waals surface area contributed by atoms with Gasteiger partial charge in [0.2, 0.25) is 5.95 Å². The van der Waals surface area contributed by atoms with Crippen LogP contribution in [0.4, 0.5) is 5.95 Å². The summed E-state index contributed by atoms with van der Waals surface area (Å²) in [5.74, 6) is 0.753. The van der Waals surface area contributed by atoms with Crippen LogP contribution in [0.25, 0.3) is 0 Å². The Kier molecular flexibility index (Phi) is 3.99. The minimum absolute atomic E-state index is 0.209. The van der Waals surface area contributed by atoms with E-state index in [1.54, 1.807) is 32.4 Å². The predicted octanol–water partition coefficient (Wildman–Crippen LogP) is 0.486. The fourth-order valence-electron chi connectivity index (χ4n) is 2.78. The van der Waals surface area contributed by atoms with Gasteiger partial charge in [-0.25, -0.2) is 15.0 Å². The molecule has 1 amide bonds. The lowest BCUT2D eigenvalue weighted by molar-refractivity contribution is 0.0261. The minimum Gasteiger partial charge on any atom is -0.448 e. The zero-order valence-corrected chi connectivity index (χ0v) is 13.1. The van der Waals surface area contributed by atoms with Gasteiger partial charge in [0.15, 0.2) is 11.6 Å². The number of hydrogen-bond donors (Lipinski definition) is 1. The van der Waals surface area contributed by atoms with Gasteiger partial charge < -0.3 is 19.3 Å². The number of nitrogens with zero attached hydrogens (tertiary/aromatic N) is 5. The number of β-amino-alcohol motifs (C(OH)–C–C–N with tert-alkyl or cyclic N) is 1. The van der Waals surface area contributed by atoms with Gasteiger partial charge in [-0.2, -0.15) is 0 Å². The molecule has 0 bridgehead atoms. The number of carbonyl (C=O) groups is 1. The highest BCUT2D eigenvalue weighted by Gasteiger charge is 2.39. The minimum atomic E-state index is -0.998. The van der Waals surface area contributed by atoms with E-state index in [4.69, 9.17) is 4.42 Å². The van der Waals surface area contributed by atoms with Crippen molar-refractivity contribution in [2.24, 2.45) is 0 Å². The highest BCUT2D eigenvalue weighted by Crippen LogP contribution is 2.25. The fraction of sp³-hybridized carbons (Fsp3) is 0.467. The van der Waals surface area contributed by atoms with E-state index in [9.17, 15) is 9.90 Å². The summed E-state index contributed by atoms with van der Waals surface area (Å²) in [6.07, 6.45) is 5.21. The molecule has 1 aliphatic rings. The van der Waals surface area contributed by atoms with Gasteiger partial charge in [-0.3, -0.25) is 4.79 Å². The summed E-state index contributed by atoms with van der Waals surface area (Å²) in [4.78, 5) is 28.1. The molecule has 1 fully saturated rings. The molecule has 0 aliphatic carbocycles. The smallest absolute Gasteiger partial charge is 0.275 e. The summed E-state index contributed by atoms with van der Waals surface area (Å²) in [7, 11) is 1.64. The number of likely N-dealkylation sites (N-methyl/N-ethyl adjacent to an activating group) is 1. The van der Waals surface area contributed by atoms with Crippen LogP contribution in [0.2, 0.25) is 0 Å². The average molecular weight is 317 g/mol. The SMILES string of the molecule is Cc1nc(C(=O)N(C)C[C@]2(O)CCN(c3ncccn3)C2)co1. The Balaban J connectivity index is 1.64. The number of oxazole rings is 1. The van der Waals surface area contributed by atoms with E-state index in [1.165, 1.54) is 11.2 Å². The van der Waals surface area contributed by atoms with Crippen molar-refractivity contribution < 1.29 is 14.3 Å². The Labute approximate surface area is 133 Å². The van der Waals surface area contributed by atoms with E-state index in [-0.39, 0.29) is 18.1 Å². The van der Waals surface area contributed by atoms with Crippen molar-refractivity contribution in [1.29, 1.82) is 0 Å². The summed E-state index contributed by atoms with van der Waals surface area (Å²) >= 11 is 0. The summed E-state index contributed by atoms with van der Waals surface area (Å²) in [6, 6.07) is 1.75. The molecular formula is C15H19N5O3. The Morgan fingerprint density at radius 2 is 2.22 bits per heavy atom. The quantitative estimate of drug-likeness (QED) is 0.876. The van der Waals surface area contributed by atoms with Crippen molar-refractivity contribution in [3.05, 3.63) is 36.3 Å². The van der Waals surface area contributed by atoms with Crippen molar-refractivity contribution in [2.75, 3.05) is 31.6 Å². The van der Waals surface area contributed by atoms with Gasteiger partial charge in [0.1, 0.15) is 11.9 Å². The molecule has 23 heavy (non-hydrogen) atoms. The van der Waals surface area contributed by atoms with Crippen molar-refractivity contribution in [3.8, 4) is 0 Å². The summed E-state index contributed by atoms with van der Waals surface area (Å²) in [5, 5.41) is 10.8. The van der Waals surface area contributed by atoms with Crippen LogP contribution in [0.3, 0.4) is 0 Å². The molecule has 0 spiro atoms. The van der Waals surface area contributed by atoms with Gasteiger partial charge in [-0.1, -0.05) is 0 Å². The molecule has 0 saturated carbocycles. The van der Waals surface area contributed by atoms with E-state index >= 15 is 0 Å². The van der Waals surface area contributed by atoms with Gasteiger partial charge in [0, 0.05) is 32.9 Å². The monoisotopic (exact) mass is 317 g/mol. The van der Waals surface area contributed by atoms with Crippen molar-refractivity contribution >= 4 is 11.9 Å². The van der Waals surface area contributed by atoms with Crippen molar-refractivity contribution in [3.63, 3.8) is 0 Å². The Morgan fingerprint density at radius 1 is 1.48 bits per heavy atom. The second kappa shape index (κ2) is 5.96. The van der Waals surface area contributed by atoms with E-state index in [2.05, 4.69) is 15.0 Å². The lowest BCUT2D eigenvalue weighted by Crippen LogP contribution is -2.46. The predicted molar refractivity (Wildman–Crippen MR) is 82.0 cm³/mol. The van der Waals surface area contributed by atoms with Crippen LogP contribution in [0.1, 0.15) is 22.8 Å². The number of carbonyl (C=O) groups excluding carboxylic acids is 1. The molecular weight excluding hydrogens is 298 g/mol. The normalized spacial score (nSPS) is 20.7. The first kappa shape index (κ1) is 15.4. The van der Waals surface area contributed by atoms with Crippen molar-refractivity contribution in [2.45, 2.75) is 18.9 Å². The molecule has 1 aliphatic heterocycles. The van der Waals surface area contributed by atoms with E-state index in [0.29, 0.717) is 31.3 Å². The number of aromatic nitrogens is 3. The first-order valence-corrected chi connectivity index (χ1v) is 7.39. The lowest BCUT2D eigenvalue weighted by atomic mass is 10.0. The van der Waals surface area contributed by atoms with Crippen LogP contribution in [0.5, 0.6) is 0 Å². The number of amides is 1. The molecule has 1 atom stereocenters. The largest absolute Gasteiger partial charge is 0.448 e. The maximum atomic E-state index is 12.3. The molecule has 0 radical (unpaired) electrons. The third kappa shape index (κ3) is 3.31. The maximum absolute atomic E-state index is 12.3. The summed E-state index contributed by atoms with van der Waals surface area (Å²) in [5.41, 5.74) is -0.752. The van der Waals surface area contributed by atoms with Crippen LogP contribution in [0.15, 0.2) is 29.1 Å². The molecule has 8 nitrogen and oxygen atoms in total. The molecule has 8 heteroatoms. The van der Waals surface area contributed by atoms with Crippen LogP contribution >= 0.6 is 0 Å². The molecule has 2 aromatic rings.